The molecule has 1 nitrogen and oxygen atoms in total. The van der Waals surface area contributed by atoms with Gasteiger partial charge in [0.1, 0.15) is 0 Å². The molecular formula is C8H18ClN. The Hall–Kier alpha value is 0.250. The quantitative estimate of drug-likeness (QED) is 0.659. The van der Waals surface area contributed by atoms with E-state index in [1.807, 2.05) is 0 Å². The lowest BCUT2D eigenvalue weighted by Crippen LogP contribution is -2.27. The fourth-order valence-electron chi connectivity index (χ4n) is 1.48. The van der Waals surface area contributed by atoms with Crippen molar-refractivity contribution in [3.05, 3.63) is 0 Å². The Labute approximate surface area is 70.0 Å². The minimum Gasteiger partial charge on any atom is -0.314 e. The summed E-state index contributed by atoms with van der Waals surface area (Å²) in [7, 11) is 0. The average Bonchev–Trinajstić information content (AvgIpc) is 2.37. The Balaban J connectivity index is 0.000000810. The third-order valence-corrected chi connectivity index (χ3v) is 2.43. The number of hydrogen-bond donors (Lipinski definition) is 1. The molecule has 0 saturated carbocycles. The molecule has 10 heavy (non-hydrogen) atoms. The van der Waals surface area contributed by atoms with E-state index in [0.717, 1.165) is 12.0 Å². The Morgan fingerprint density at radius 3 is 2.70 bits per heavy atom. The largest absolute Gasteiger partial charge is 0.314 e. The van der Waals surface area contributed by atoms with Crippen LogP contribution in [0.5, 0.6) is 0 Å². The first-order chi connectivity index (χ1) is 4.34. The van der Waals surface area contributed by atoms with Crippen molar-refractivity contribution in [3.8, 4) is 0 Å². The maximum Gasteiger partial charge on any atom is 0.00930 e. The predicted octanol–water partition coefficient (Wildman–Crippen LogP) is 2.21. The van der Waals surface area contributed by atoms with Crippen LogP contribution in [0.15, 0.2) is 0 Å². The van der Waals surface area contributed by atoms with Gasteiger partial charge in [0.15, 0.2) is 0 Å². The number of halogens is 1. The van der Waals surface area contributed by atoms with Gasteiger partial charge in [0.05, 0.1) is 0 Å². The van der Waals surface area contributed by atoms with Gasteiger partial charge in [0.2, 0.25) is 0 Å². The lowest BCUT2D eigenvalue weighted by molar-refractivity contribution is 0.409. The van der Waals surface area contributed by atoms with Crippen molar-refractivity contribution in [3.63, 3.8) is 0 Å². The van der Waals surface area contributed by atoms with Crippen LogP contribution in [-0.4, -0.2) is 12.6 Å². The molecule has 1 saturated heterocycles. The second-order valence-electron chi connectivity index (χ2n) is 3.09. The summed E-state index contributed by atoms with van der Waals surface area (Å²) in [5.41, 5.74) is 0. The van der Waals surface area contributed by atoms with E-state index in [1.165, 1.54) is 25.8 Å². The maximum atomic E-state index is 3.51. The van der Waals surface area contributed by atoms with E-state index < -0.39 is 0 Å². The van der Waals surface area contributed by atoms with Gasteiger partial charge in [0, 0.05) is 6.04 Å². The molecule has 0 amide bonds. The summed E-state index contributed by atoms with van der Waals surface area (Å²) < 4.78 is 0. The monoisotopic (exact) mass is 163 g/mol. The highest BCUT2D eigenvalue weighted by Crippen LogP contribution is 2.16. The van der Waals surface area contributed by atoms with Gasteiger partial charge < -0.3 is 5.32 Å². The lowest BCUT2D eigenvalue weighted by Gasteiger charge is -2.16. The molecule has 1 heterocycles. The normalized spacial score (nSPS) is 27.6. The second-order valence-corrected chi connectivity index (χ2v) is 3.09. The van der Waals surface area contributed by atoms with Crippen LogP contribution >= 0.6 is 12.4 Å². The second kappa shape index (κ2) is 4.97. The third kappa shape index (κ3) is 2.47. The summed E-state index contributed by atoms with van der Waals surface area (Å²) in [5.74, 6) is 0.882. The van der Waals surface area contributed by atoms with Gasteiger partial charge in [-0.2, -0.15) is 0 Å². The first-order valence-electron chi connectivity index (χ1n) is 4.08. The molecular weight excluding hydrogens is 146 g/mol. The topological polar surface area (TPSA) is 12.0 Å². The third-order valence-electron chi connectivity index (χ3n) is 2.43. The van der Waals surface area contributed by atoms with Crippen LogP contribution in [0.25, 0.3) is 0 Å². The summed E-state index contributed by atoms with van der Waals surface area (Å²) in [6.45, 7) is 5.85. The minimum atomic E-state index is 0. The fraction of sp³-hybridized carbons (Fsp3) is 1.00. The fourth-order valence-corrected chi connectivity index (χ4v) is 1.48. The van der Waals surface area contributed by atoms with Crippen molar-refractivity contribution in [1.82, 2.24) is 5.32 Å². The standard InChI is InChI=1S/C8H17N.ClH/c1-3-7(2)8-5-4-6-9-8;/h7-9H,3-6H2,1-2H3;1H. The molecule has 0 aliphatic carbocycles. The Morgan fingerprint density at radius 2 is 2.30 bits per heavy atom. The molecule has 1 N–H and O–H groups in total. The van der Waals surface area contributed by atoms with E-state index in [-0.39, 0.29) is 12.4 Å². The zero-order chi connectivity index (χ0) is 6.69. The first-order valence-corrected chi connectivity index (χ1v) is 4.08. The Morgan fingerprint density at radius 1 is 1.60 bits per heavy atom. The molecule has 2 atom stereocenters. The van der Waals surface area contributed by atoms with E-state index >= 15 is 0 Å². The van der Waals surface area contributed by atoms with E-state index in [1.54, 1.807) is 0 Å². The van der Waals surface area contributed by atoms with Crippen molar-refractivity contribution in [2.45, 2.75) is 39.2 Å². The molecule has 2 unspecified atom stereocenters. The van der Waals surface area contributed by atoms with E-state index in [4.69, 9.17) is 0 Å². The highest BCUT2D eigenvalue weighted by atomic mass is 35.5. The van der Waals surface area contributed by atoms with Crippen LogP contribution in [0.4, 0.5) is 0 Å². The summed E-state index contributed by atoms with van der Waals surface area (Å²) in [6.07, 6.45) is 4.10. The van der Waals surface area contributed by atoms with Gasteiger partial charge in [-0.05, 0) is 25.3 Å². The molecule has 62 valence electrons. The van der Waals surface area contributed by atoms with Crippen LogP contribution < -0.4 is 5.32 Å². The molecule has 0 spiro atoms. The minimum absolute atomic E-state index is 0. The number of hydrogen-bond acceptors (Lipinski definition) is 1. The summed E-state index contributed by atoms with van der Waals surface area (Å²) in [5, 5.41) is 3.51. The highest BCUT2D eigenvalue weighted by molar-refractivity contribution is 5.85. The first kappa shape index (κ1) is 10.2. The van der Waals surface area contributed by atoms with Crippen molar-refractivity contribution >= 4 is 12.4 Å². The zero-order valence-corrected chi connectivity index (χ0v) is 7.71. The van der Waals surface area contributed by atoms with Crippen molar-refractivity contribution in [2.24, 2.45) is 5.92 Å². The van der Waals surface area contributed by atoms with Gasteiger partial charge >= 0.3 is 0 Å². The molecule has 0 aromatic rings. The van der Waals surface area contributed by atoms with Crippen LogP contribution in [0.2, 0.25) is 0 Å². The molecule has 0 aromatic carbocycles. The Kier molecular flexibility index (Phi) is 5.10. The average molecular weight is 164 g/mol. The lowest BCUT2D eigenvalue weighted by atomic mass is 9.98. The van der Waals surface area contributed by atoms with Crippen molar-refractivity contribution in [2.75, 3.05) is 6.54 Å². The molecule has 0 radical (unpaired) electrons. The highest BCUT2D eigenvalue weighted by Gasteiger charge is 2.18. The zero-order valence-electron chi connectivity index (χ0n) is 6.89. The van der Waals surface area contributed by atoms with E-state index in [0.29, 0.717) is 0 Å². The van der Waals surface area contributed by atoms with Crippen LogP contribution in [0.3, 0.4) is 0 Å². The summed E-state index contributed by atoms with van der Waals surface area (Å²) in [4.78, 5) is 0. The molecule has 1 aliphatic rings. The molecule has 1 aliphatic heterocycles. The number of rotatable bonds is 2. The van der Waals surface area contributed by atoms with Crippen LogP contribution in [0, 0.1) is 5.92 Å². The molecule has 1 rings (SSSR count). The maximum absolute atomic E-state index is 3.51. The van der Waals surface area contributed by atoms with Gasteiger partial charge in [-0.15, -0.1) is 12.4 Å². The van der Waals surface area contributed by atoms with E-state index in [9.17, 15) is 0 Å². The molecule has 0 aromatic heterocycles. The van der Waals surface area contributed by atoms with Gasteiger partial charge in [-0.25, -0.2) is 0 Å². The Bertz CT molecular complexity index is 79.3. The van der Waals surface area contributed by atoms with Crippen LogP contribution in [0.1, 0.15) is 33.1 Å². The van der Waals surface area contributed by atoms with Crippen LogP contribution in [-0.2, 0) is 0 Å². The SMILES string of the molecule is CCC(C)C1CCCN1.Cl. The summed E-state index contributed by atoms with van der Waals surface area (Å²) >= 11 is 0. The number of nitrogens with one attached hydrogen (secondary N) is 1. The molecule has 2 heteroatoms. The van der Waals surface area contributed by atoms with Gasteiger partial charge in [0.25, 0.3) is 0 Å². The molecule has 1 fully saturated rings. The predicted molar refractivity (Wildman–Crippen MR) is 47.7 cm³/mol. The smallest absolute Gasteiger partial charge is 0.00930 e. The van der Waals surface area contributed by atoms with Gasteiger partial charge in [-0.1, -0.05) is 20.3 Å². The van der Waals surface area contributed by atoms with E-state index in [2.05, 4.69) is 19.2 Å². The van der Waals surface area contributed by atoms with Crippen molar-refractivity contribution < 1.29 is 0 Å². The van der Waals surface area contributed by atoms with Crippen molar-refractivity contribution in [1.29, 1.82) is 0 Å². The molecule has 0 bridgehead atoms. The van der Waals surface area contributed by atoms with Gasteiger partial charge in [-0.3, -0.25) is 0 Å². The summed E-state index contributed by atoms with van der Waals surface area (Å²) in [6, 6.07) is 0.829.